The lowest BCUT2D eigenvalue weighted by atomic mass is 9.96. The maximum Gasteiger partial charge on any atom is 0.331 e. The van der Waals surface area contributed by atoms with E-state index in [1.54, 1.807) is 4.90 Å². The highest BCUT2D eigenvalue weighted by molar-refractivity contribution is 5.80. The number of carbonyl (C=O) groups excluding carboxylic acids is 2. The average molecular weight is 441 g/mol. The van der Waals surface area contributed by atoms with Crippen molar-refractivity contribution in [3.63, 3.8) is 0 Å². The zero-order valence-electron chi connectivity index (χ0n) is 18.7. The van der Waals surface area contributed by atoms with E-state index in [1.807, 2.05) is 30.3 Å². The van der Waals surface area contributed by atoms with Crippen LogP contribution in [0.1, 0.15) is 44.6 Å². The van der Waals surface area contributed by atoms with E-state index in [0.717, 1.165) is 29.4 Å². The zero-order valence-corrected chi connectivity index (χ0v) is 18.7. The largest absolute Gasteiger partial charge is 0.356 e. The van der Waals surface area contributed by atoms with Crippen LogP contribution < -0.4 is 16.6 Å². The van der Waals surface area contributed by atoms with Crippen molar-refractivity contribution >= 4 is 11.8 Å². The van der Waals surface area contributed by atoms with Crippen molar-refractivity contribution in [1.29, 1.82) is 0 Å². The van der Waals surface area contributed by atoms with Gasteiger partial charge >= 0.3 is 5.69 Å². The second-order valence-electron chi connectivity index (χ2n) is 8.29. The molecular formula is C24H32N4O4. The number of nitrogens with one attached hydrogen (secondary N) is 1. The Labute approximate surface area is 187 Å². The van der Waals surface area contributed by atoms with Crippen LogP contribution in [0.4, 0.5) is 0 Å². The van der Waals surface area contributed by atoms with Crippen LogP contribution in [-0.4, -0.2) is 45.5 Å². The molecule has 0 spiro atoms. The second kappa shape index (κ2) is 11.5. The van der Waals surface area contributed by atoms with Gasteiger partial charge in [-0.05, 0) is 24.8 Å². The van der Waals surface area contributed by atoms with E-state index in [2.05, 4.69) is 12.2 Å². The Bertz CT molecular complexity index is 1020. The normalized spacial score (nSPS) is 14.3. The van der Waals surface area contributed by atoms with Gasteiger partial charge in [0.05, 0.1) is 6.54 Å². The SMILES string of the molecule is CCCCCNC(=O)C1CCN(C(=O)Cn2c(=O)ccn(Cc3ccccc3)c2=O)CC1. The van der Waals surface area contributed by atoms with E-state index < -0.39 is 11.2 Å². The Morgan fingerprint density at radius 1 is 1.03 bits per heavy atom. The molecule has 1 aromatic carbocycles. The Balaban J connectivity index is 1.57. The zero-order chi connectivity index (χ0) is 22.9. The molecule has 32 heavy (non-hydrogen) atoms. The quantitative estimate of drug-likeness (QED) is 0.600. The minimum absolute atomic E-state index is 0.0521. The summed E-state index contributed by atoms with van der Waals surface area (Å²) in [6.07, 6.45) is 5.83. The summed E-state index contributed by atoms with van der Waals surface area (Å²) in [5.41, 5.74) is -0.0637. The third-order valence-corrected chi connectivity index (χ3v) is 5.93. The number of benzene rings is 1. The summed E-state index contributed by atoms with van der Waals surface area (Å²) in [7, 11) is 0. The molecule has 1 aromatic heterocycles. The first-order valence-corrected chi connectivity index (χ1v) is 11.4. The predicted molar refractivity (Wildman–Crippen MR) is 122 cm³/mol. The summed E-state index contributed by atoms with van der Waals surface area (Å²) >= 11 is 0. The predicted octanol–water partition coefficient (Wildman–Crippen LogP) is 1.60. The molecule has 1 fully saturated rings. The van der Waals surface area contributed by atoms with Gasteiger partial charge in [0.2, 0.25) is 11.8 Å². The highest BCUT2D eigenvalue weighted by Gasteiger charge is 2.27. The topological polar surface area (TPSA) is 93.4 Å². The Morgan fingerprint density at radius 2 is 1.75 bits per heavy atom. The molecule has 0 bridgehead atoms. The summed E-state index contributed by atoms with van der Waals surface area (Å²) in [6.45, 7) is 3.75. The molecule has 1 saturated heterocycles. The third-order valence-electron chi connectivity index (χ3n) is 5.93. The van der Waals surface area contributed by atoms with Crippen molar-refractivity contribution in [2.75, 3.05) is 19.6 Å². The van der Waals surface area contributed by atoms with Crippen LogP contribution in [0.2, 0.25) is 0 Å². The van der Waals surface area contributed by atoms with E-state index in [0.29, 0.717) is 39.0 Å². The number of aromatic nitrogens is 2. The van der Waals surface area contributed by atoms with Crippen molar-refractivity contribution in [3.8, 4) is 0 Å². The van der Waals surface area contributed by atoms with Crippen LogP contribution in [0.25, 0.3) is 0 Å². The number of hydrogen-bond acceptors (Lipinski definition) is 4. The van der Waals surface area contributed by atoms with Gasteiger partial charge in [0.25, 0.3) is 5.56 Å². The van der Waals surface area contributed by atoms with Gasteiger partial charge in [0, 0.05) is 37.8 Å². The summed E-state index contributed by atoms with van der Waals surface area (Å²) in [5.74, 6) is -0.317. The van der Waals surface area contributed by atoms with Crippen LogP contribution in [0.15, 0.2) is 52.2 Å². The number of piperidine rings is 1. The van der Waals surface area contributed by atoms with E-state index in [4.69, 9.17) is 0 Å². The average Bonchev–Trinajstić information content (AvgIpc) is 2.82. The number of rotatable bonds is 9. The molecule has 8 heteroatoms. The smallest absolute Gasteiger partial charge is 0.331 e. The Kier molecular flexibility index (Phi) is 8.41. The maximum atomic E-state index is 12.8. The molecule has 0 unspecified atom stereocenters. The van der Waals surface area contributed by atoms with Crippen LogP contribution in [0.5, 0.6) is 0 Å². The van der Waals surface area contributed by atoms with Crippen molar-refractivity contribution in [1.82, 2.24) is 19.4 Å². The molecule has 1 aliphatic rings. The Morgan fingerprint density at radius 3 is 2.44 bits per heavy atom. The molecular weight excluding hydrogens is 408 g/mol. The number of unbranched alkanes of at least 4 members (excludes halogenated alkanes) is 2. The van der Waals surface area contributed by atoms with Gasteiger partial charge in [-0.3, -0.25) is 23.5 Å². The molecule has 3 rings (SSSR count). The minimum Gasteiger partial charge on any atom is -0.356 e. The maximum absolute atomic E-state index is 12.8. The lowest BCUT2D eigenvalue weighted by Gasteiger charge is -2.31. The van der Waals surface area contributed by atoms with E-state index in [9.17, 15) is 19.2 Å². The van der Waals surface area contributed by atoms with Crippen LogP contribution in [0.3, 0.4) is 0 Å². The molecule has 0 aliphatic carbocycles. The van der Waals surface area contributed by atoms with Crippen molar-refractivity contribution < 1.29 is 9.59 Å². The molecule has 0 saturated carbocycles. The number of hydrogen-bond donors (Lipinski definition) is 1. The van der Waals surface area contributed by atoms with Crippen LogP contribution >= 0.6 is 0 Å². The lowest BCUT2D eigenvalue weighted by Crippen LogP contribution is -2.47. The highest BCUT2D eigenvalue weighted by atomic mass is 16.2. The van der Waals surface area contributed by atoms with Crippen molar-refractivity contribution in [2.45, 2.75) is 52.1 Å². The monoisotopic (exact) mass is 440 g/mol. The number of carbonyl (C=O) groups is 2. The molecule has 1 aliphatic heterocycles. The van der Waals surface area contributed by atoms with Gasteiger partial charge in [0.15, 0.2) is 0 Å². The van der Waals surface area contributed by atoms with Gasteiger partial charge in [-0.1, -0.05) is 50.1 Å². The fraction of sp³-hybridized carbons (Fsp3) is 0.500. The first-order valence-electron chi connectivity index (χ1n) is 11.4. The first kappa shape index (κ1) is 23.5. The van der Waals surface area contributed by atoms with Crippen molar-refractivity contribution in [2.24, 2.45) is 5.92 Å². The van der Waals surface area contributed by atoms with E-state index in [1.165, 1.54) is 16.8 Å². The van der Waals surface area contributed by atoms with Crippen LogP contribution in [-0.2, 0) is 22.7 Å². The molecule has 0 radical (unpaired) electrons. The molecule has 0 atom stereocenters. The summed E-state index contributed by atoms with van der Waals surface area (Å²) in [6, 6.07) is 10.8. The molecule has 2 heterocycles. The highest BCUT2D eigenvalue weighted by Crippen LogP contribution is 2.17. The van der Waals surface area contributed by atoms with Gasteiger partial charge in [-0.15, -0.1) is 0 Å². The lowest BCUT2D eigenvalue weighted by molar-refractivity contribution is -0.136. The van der Waals surface area contributed by atoms with Gasteiger partial charge in [-0.25, -0.2) is 4.79 Å². The van der Waals surface area contributed by atoms with Gasteiger partial charge in [-0.2, -0.15) is 0 Å². The number of likely N-dealkylation sites (tertiary alicyclic amines) is 1. The molecule has 2 aromatic rings. The minimum atomic E-state index is -0.504. The fourth-order valence-electron chi connectivity index (χ4n) is 3.96. The molecule has 172 valence electrons. The molecule has 2 amide bonds. The van der Waals surface area contributed by atoms with Crippen LogP contribution in [0, 0.1) is 5.92 Å². The number of nitrogens with zero attached hydrogens (tertiary/aromatic N) is 3. The van der Waals surface area contributed by atoms with Crippen molar-refractivity contribution in [3.05, 3.63) is 69.0 Å². The van der Waals surface area contributed by atoms with E-state index in [-0.39, 0.29) is 24.3 Å². The molecule has 8 nitrogen and oxygen atoms in total. The van der Waals surface area contributed by atoms with Gasteiger partial charge in [0.1, 0.15) is 6.54 Å². The standard InChI is InChI=1S/C24H32N4O4/c1-2-3-7-13-25-23(31)20-10-14-26(15-11-20)22(30)18-28-21(29)12-16-27(24(28)32)17-19-8-5-4-6-9-19/h4-6,8-9,12,16,20H,2-3,7,10-11,13-15,17-18H2,1H3,(H,25,31). The van der Waals surface area contributed by atoms with E-state index >= 15 is 0 Å². The fourth-order valence-corrected chi connectivity index (χ4v) is 3.96. The van der Waals surface area contributed by atoms with Gasteiger partial charge < -0.3 is 10.2 Å². The third kappa shape index (κ3) is 6.18. The summed E-state index contributed by atoms with van der Waals surface area (Å²) < 4.78 is 2.41. The summed E-state index contributed by atoms with van der Waals surface area (Å²) in [4.78, 5) is 51.8. The Hall–Kier alpha value is -3.16. The first-order chi connectivity index (χ1) is 15.5. The molecule has 1 N–H and O–H groups in total. The number of amides is 2. The second-order valence-corrected chi connectivity index (χ2v) is 8.29. The summed E-state index contributed by atoms with van der Waals surface area (Å²) in [5, 5.41) is 2.98.